The van der Waals surface area contributed by atoms with E-state index in [2.05, 4.69) is 37.7 Å². The Hall–Kier alpha value is -1.67. The predicted octanol–water partition coefficient (Wildman–Crippen LogP) is 4.54. The Bertz CT molecular complexity index is 875. The number of carbonyl (C=O) groups excluding carboxylic acids is 1. The quantitative estimate of drug-likeness (QED) is 0.653. The van der Waals surface area contributed by atoms with E-state index in [0.717, 1.165) is 45.1 Å². The van der Waals surface area contributed by atoms with Gasteiger partial charge in [-0.15, -0.1) is 0 Å². The highest BCUT2D eigenvalue weighted by Gasteiger charge is 2.51. The van der Waals surface area contributed by atoms with Gasteiger partial charge in [0.05, 0.1) is 17.6 Å². The number of hydrogen-bond donors (Lipinski definition) is 0. The normalized spacial score (nSPS) is 30.7. The van der Waals surface area contributed by atoms with Gasteiger partial charge in [0, 0.05) is 50.1 Å². The van der Waals surface area contributed by atoms with Gasteiger partial charge >= 0.3 is 6.18 Å². The molecule has 0 N–H and O–H groups in total. The summed E-state index contributed by atoms with van der Waals surface area (Å²) in [6.45, 7) is 8.72. The predicted molar refractivity (Wildman–Crippen MR) is 119 cm³/mol. The summed E-state index contributed by atoms with van der Waals surface area (Å²) in [5.41, 5.74) is -0.0311. The number of amides is 1. The largest absolute Gasteiger partial charge is 0.417 e. The topological polar surface area (TPSA) is 45.7 Å². The molecule has 184 valence electrons. The van der Waals surface area contributed by atoms with Gasteiger partial charge in [-0.3, -0.25) is 14.7 Å². The first-order chi connectivity index (χ1) is 15.5. The van der Waals surface area contributed by atoms with Crippen molar-refractivity contribution < 1.29 is 22.7 Å². The standard InChI is InChI=1S/C25H36F3N3O2/c1-16(2)24(8-5-20(12-24)30(4)22-7-10-33-15-17(22)3)23(32)31-9-6-21-18(14-31)11-19(13-29-21)25(26,27)28/h11,13,16-17,20,22H,5-10,12,14-15H2,1-4H3/t17?,20-,22?,24+/m1/s1. The second-order valence-corrected chi connectivity index (χ2v) is 10.6. The molecule has 0 radical (unpaired) electrons. The number of aromatic nitrogens is 1. The monoisotopic (exact) mass is 467 g/mol. The zero-order valence-corrected chi connectivity index (χ0v) is 20.1. The second-order valence-electron chi connectivity index (χ2n) is 10.6. The van der Waals surface area contributed by atoms with Crippen LogP contribution in [0.5, 0.6) is 0 Å². The Balaban J connectivity index is 1.51. The highest BCUT2D eigenvalue weighted by molar-refractivity contribution is 5.83. The van der Waals surface area contributed by atoms with Gasteiger partial charge in [0.2, 0.25) is 5.91 Å². The Kier molecular flexibility index (Phi) is 6.80. The first kappa shape index (κ1) is 24.5. The van der Waals surface area contributed by atoms with E-state index in [-0.39, 0.29) is 18.4 Å². The summed E-state index contributed by atoms with van der Waals surface area (Å²) in [5.74, 6) is 0.718. The number of rotatable bonds is 4. The second kappa shape index (κ2) is 9.17. The number of alkyl halides is 3. The average molecular weight is 468 g/mol. The molecule has 3 heterocycles. The van der Waals surface area contributed by atoms with Gasteiger partial charge in [0.25, 0.3) is 0 Å². The van der Waals surface area contributed by atoms with Crippen molar-refractivity contribution in [1.29, 1.82) is 0 Å². The summed E-state index contributed by atoms with van der Waals surface area (Å²) in [6.07, 6.45) is 0.562. The summed E-state index contributed by atoms with van der Waals surface area (Å²) in [7, 11) is 2.18. The molecule has 0 spiro atoms. The van der Waals surface area contributed by atoms with Crippen molar-refractivity contribution in [2.24, 2.45) is 17.3 Å². The SMILES string of the molecule is CC1COCCC1N(C)[C@@H]1CC[C@@](C(=O)N2CCc3ncc(C(F)(F)F)cc3C2)(C(C)C)C1. The molecule has 1 saturated heterocycles. The van der Waals surface area contributed by atoms with Crippen LogP contribution in [0.3, 0.4) is 0 Å². The third-order valence-electron chi connectivity index (χ3n) is 8.40. The fraction of sp³-hybridized carbons (Fsp3) is 0.760. The fourth-order valence-electron chi connectivity index (χ4n) is 6.18. The van der Waals surface area contributed by atoms with Crippen molar-refractivity contribution in [1.82, 2.24) is 14.8 Å². The van der Waals surface area contributed by atoms with E-state index in [9.17, 15) is 18.0 Å². The molecule has 1 amide bonds. The Morgan fingerprint density at radius 2 is 2.09 bits per heavy atom. The number of hydrogen-bond acceptors (Lipinski definition) is 4. The van der Waals surface area contributed by atoms with Crippen LogP contribution in [0.2, 0.25) is 0 Å². The lowest BCUT2D eigenvalue weighted by atomic mass is 9.73. The van der Waals surface area contributed by atoms with E-state index in [0.29, 0.717) is 42.2 Å². The molecule has 33 heavy (non-hydrogen) atoms. The summed E-state index contributed by atoms with van der Waals surface area (Å²) < 4.78 is 45.2. The van der Waals surface area contributed by atoms with Crippen LogP contribution < -0.4 is 0 Å². The molecule has 8 heteroatoms. The van der Waals surface area contributed by atoms with Crippen molar-refractivity contribution >= 4 is 5.91 Å². The molecule has 4 atom stereocenters. The lowest BCUT2D eigenvalue weighted by Gasteiger charge is -2.42. The number of pyridine rings is 1. The van der Waals surface area contributed by atoms with E-state index in [1.165, 1.54) is 6.07 Å². The fourth-order valence-corrected chi connectivity index (χ4v) is 6.18. The first-order valence-electron chi connectivity index (χ1n) is 12.2. The van der Waals surface area contributed by atoms with Gasteiger partial charge in [-0.05, 0) is 56.2 Å². The molecule has 3 aliphatic rings. The minimum Gasteiger partial charge on any atom is -0.381 e. The van der Waals surface area contributed by atoms with Gasteiger partial charge in [0.15, 0.2) is 0 Å². The zero-order chi connectivity index (χ0) is 24.0. The van der Waals surface area contributed by atoms with Gasteiger partial charge in [-0.1, -0.05) is 20.8 Å². The van der Waals surface area contributed by atoms with Crippen LogP contribution in [0.4, 0.5) is 13.2 Å². The Labute approximate surface area is 194 Å². The van der Waals surface area contributed by atoms with Gasteiger partial charge < -0.3 is 9.64 Å². The van der Waals surface area contributed by atoms with Crippen LogP contribution in [0.25, 0.3) is 0 Å². The molecular formula is C25H36F3N3O2. The number of halogens is 3. The number of carbonyl (C=O) groups is 1. The van der Waals surface area contributed by atoms with Crippen LogP contribution in [0.15, 0.2) is 12.3 Å². The molecule has 1 aromatic heterocycles. The highest BCUT2D eigenvalue weighted by atomic mass is 19.4. The zero-order valence-electron chi connectivity index (χ0n) is 20.1. The van der Waals surface area contributed by atoms with Crippen molar-refractivity contribution in [2.75, 3.05) is 26.8 Å². The molecule has 0 aromatic carbocycles. The molecule has 1 aromatic rings. The van der Waals surface area contributed by atoms with E-state index in [1.54, 1.807) is 4.90 Å². The van der Waals surface area contributed by atoms with Gasteiger partial charge in [-0.25, -0.2) is 0 Å². The Morgan fingerprint density at radius 1 is 1.33 bits per heavy atom. The third-order valence-corrected chi connectivity index (χ3v) is 8.40. The van der Waals surface area contributed by atoms with Crippen LogP contribution in [0.1, 0.15) is 63.3 Å². The average Bonchev–Trinajstić information content (AvgIpc) is 3.24. The first-order valence-corrected chi connectivity index (χ1v) is 12.2. The van der Waals surface area contributed by atoms with Crippen molar-refractivity contribution in [3.05, 3.63) is 29.1 Å². The molecular weight excluding hydrogens is 431 g/mol. The highest BCUT2D eigenvalue weighted by Crippen LogP contribution is 2.48. The number of ether oxygens (including phenoxy) is 1. The molecule has 2 fully saturated rings. The number of nitrogens with zero attached hydrogens (tertiary/aromatic N) is 3. The van der Waals surface area contributed by atoms with E-state index >= 15 is 0 Å². The lowest BCUT2D eigenvalue weighted by Crippen LogP contribution is -2.50. The lowest BCUT2D eigenvalue weighted by molar-refractivity contribution is -0.146. The van der Waals surface area contributed by atoms with Crippen molar-refractivity contribution in [3.8, 4) is 0 Å². The molecule has 4 rings (SSSR count). The molecule has 0 bridgehead atoms. The summed E-state index contributed by atoms with van der Waals surface area (Å²) in [6, 6.07) is 1.95. The summed E-state index contributed by atoms with van der Waals surface area (Å²) in [5, 5.41) is 0. The molecule has 1 aliphatic carbocycles. The van der Waals surface area contributed by atoms with Crippen LogP contribution in [-0.4, -0.2) is 59.6 Å². The maximum atomic E-state index is 13.9. The maximum Gasteiger partial charge on any atom is 0.417 e. The van der Waals surface area contributed by atoms with Crippen LogP contribution in [0, 0.1) is 17.3 Å². The van der Waals surface area contributed by atoms with Gasteiger partial charge in [0.1, 0.15) is 0 Å². The van der Waals surface area contributed by atoms with Crippen molar-refractivity contribution in [2.45, 2.75) is 77.7 Å². The maximum absolute atomic E-state index is 13.9. The summed E-state index contributed by atoms with van der Waals surface area (Å²) in [4.78, 5) is 22.2. The van der Waals surface area contributed by atoms with Crippen LogP contribution >= 0.6 is 0 Å². The van der Waals surface area contributed by atoms with E-state index in [1.807, 2.05) is 0 Å². The molecule has 2 aliphatic heterocycles. The van der Waals surface area contributed by atoms with Crippen LogP contribution in [-0.2, 0) is 28.7 Å². The number of fused-ring (bicyclic) bond motifs is 1. The summed E-state index contributed by atoms with van der Waals surface area (Å²) >= 11 is 0. The molecule has 5 nitrogen and oxygen atoms in total. The van der Waals surface area contributed by atoms with Crippen molar-refractivity contribution in [3.63, 3.8) is 0 Å². The molecule has 2 unspecified atom stereocenters. The smallest absolute Gasteiger partial charge is 0.381 e. The van der Waals surface area contributed by atoms with Gasteiger partial charge in [-0.2, -0.15) is 13.2 Å². The Morgan fingerprint density at radius 3 is 2.76 bits per heavy atom. The van der Waals surface area contributed by atoms with E-state index < -0.39 is 17.2 Å². The minimum atomic E-state index is -4.43. The third kappa shape index (κ3) is 4.65. The molecule has 1 saturated carbocycles. The minimum absolute atomic E-state index is 0.0940. The van der Waals surface area contributed by atoms with E-state index in [4.69, 9.17) is 4.74 Å².